The Morgan fingerprint density at radius 1 is 0.440 bits per heavy atom. The molecule has 0 amide bonds. The lowest BCUT2D eigenvalue weighted by atomic mass is 9.65. The Hall–Kier alpha value is -5.40. The number of anilines is 3. The predicted octanol–water partition coefficient (Wildman–Crippen LogP) is 13.5. The van der Waals surface area contributed by atoms with E-state index in [1.165, 1.54) is 104 Å². The van der Waals surface area contributed by atoms with Gasteiger partial charge in [-0.1, -0.05) is 161 Å². The third kappa shape index (κ3) is 4.99. The molecule has 0 heterocycles. The van der Waals surface area contributed by atoms with E-state index in [2.05, 4.69) is 183 Å². The van der Waals surface area contributed by atoms with Crippen molar-refractivity contribution in [3.8, 4) is 22.3 Å². The van der Waals surface area contributed by atoms with E-state index >= 15 is 0 Å². The minimum absolute atomic E-state index is 0.0719. The van der Waals surface area contributed by atoms with Crippen LogP contribution in [0, 0.1) is 0 Å². The molecule has 0 atom stereocenters. The van der Waals surface area contributed by atoms with Crippen LogP contribution in [0.2, 0.25) is 0 Å². The zero-order valence-corrected chi connectivity index (χ0v) is 29.1. The van der Waals surface area contributed by atoms with Crippen LogP contribution >= 0.6 is 0 Å². The smallest absolute Gasteiger partial charge is 0.0468 e. The molecule has 0 saturated heterocycles. The molecule has 9 rings (SSSR count). The first kappa shape index (κ1) is 30.6. The van der Waals surface area contributed by atoms with E-state index in [4.69, 9.17) is 0 Å². The van der Waals surface area contributed by atoms with Crippen molar-refractivity contribution >= 4 is 27.8 Å². The molecule has 0 unspecified atom stereocenters. The van der Waals surface area contributed by atoms with Crippen molar-refractivity contribution in [2.24, 2.45) is 0 Å². The summed E-state index contributed by atoms with van der Waals surface area (Å²) in [7, 11) is 0. The van der Waals surface area contributed by atoms with Gasteiger partial charge in [-0.3, -0.25) is 0 Å². The fourth-order valence-corrected chi connectivity index (χ4v) is 9.14. The van der Waals surface area contributed by atoms with Gasteiger partial charge in [0, 0.05) is 27.9 Å². The van der Waals surface area contributed by atoms with Gasteiger partial charge in [-0.15, -0.1) is 0 Å². The molecule has 244 valence electrons. The second kappa shape index (κ2) is 12.2. The lowest BCUT2D eigenvalue weighted by molar-refractivity contribution is 0.346. The van der Waals surface area contributed by atoms with Gasteiger partial charge in [-0.05, 0) is 105 Å². The second-order valence-corrected chi connectivity index (χ2v) is 14.9. The molecule has 1 heteroatoms. The number of benzene rings is 7. The number of nitrogens with zero attached hydrogens (tertiary/aromatic N) is 1. The molecule has 2 aliphatic carbocycles. The Kier molecular flexibility index (Phi) is 7.46. The molecule has 0 aromatic heterocycles. The molecule has 7 aromatic rings. The molecule has 2 aliphatic rings. The van der Waals surface area contributed by atoms with Crippen molar-refractivity contribution in [1.29, 1.82) is 0 Å². The van der Waals surface area contributed by atoms with E-state index in [1.807, 2.05) is 0 Å². The van der Waals surface area contributed by atoms with Crippen molar-refractivity contribution < 1.29 is 0 Å². The molecule has 0 aliphatic heterocycles. The number of rotatable bonds is 6. The monoisotopic (exact) mass is 645 g/mol. The minimum atomic E-state index is -0.0881. The standard InChI is InChI=1S/C49H43N/c1-48(2)45-30-29-42(34-44(45)47-43(21-14-22-46(47)48)36-16-6-3-7-17-36)50(41-26-23-35-15-10-11-18-37(35)33-41)40-27-24-39(25-28-40)49(31-12-5-13-32-49)38-19-8-4-9-20-38/h3-4,6-11,14-30,33-34H,5,12-13,31-32H2,1-2H3. The summed E-state index contributed by atoms with van der Waals surface area (Å²) in [5.74, 6) is 0. The van der Waals surface area contributed by atoms with E-state index in [0.29, 0.717) is 0 Å². The summed E-state index contributed by atoms with van der Waals surface area (Å²) in [5, 5.41) is 2.50. The summed E-state index contributed by atoms with van der Waals surface area (Å²) in [6, 6.07) is 61.3. The van der Waals surface area contributed by atoms with Crippen LogP contribution in [-0.4, -0.2) is 0 Å². The van der Waals surface area contributed by atoms with Gasteiger partial charge in [-0.2, -0.15) is 0 Å². The number of fused-ring (bicyclic) bond motifs is 4. The predicted molar refractivity (Wildman–Crippen MR) is 212 cm³/mol. The Balaban J connectivity index is 1.21. The fraction of sp³-hybridized carbons (Fsp3) is 0.184. The van der Waals surface area contributed by atoms with Crippen LogP contribution in [0.25, 0.3) is 33.0 Å². The molecule has 0 spiro atoms. The SMILES string of the molecule is CC1(C)c2ccc(N(c3ccc(C4(c5ccccc5)CCCCC4)cc3)c3ccc4ccccc4c3)cc2-c2c(-c3ccccc3)cccc21. The maximum absolute atomic E-state index is 2.46. The van der Waals surface area contributed by atoms with Crippen LogP contribution in [-0.2, 0) is 10.8 Å². The summed E-state index contributed by atoms with van der Waals surface area (Å²) < 4.78 is 0. The molecule has 50 heavy (non-hydrogen) atoms. The van der Waals surface area contributed by atoms with Gasteiger partial charge in [0.25, 0.3) is 0 Å². The quantitative estimate of drug-likeness (QED) is 0.174. The molecule has 0 bridgehead atoms. The third-order valence-electron chi connectivity index (χ3n) is 11.7. The summed E-state index contributed by atoms with van der Waals surface area (Å²) >= 11 is 0. The number of hydrogen-bond donors (Lipinski definition) is 0. The zero-order valence-electron chi connectivity index (χ0n) is 29.1. The fourth-order valence-electron chi connectivity index (χ4n) is 9.14. The van der Waals surface area contributed by atoms with Crippen LogP contribution in [0.15, 0.2) is 164 Å². The van der Waals surface area contributed by atoms with Gasteiger partial charge in [0.05, 0.1) is 0 Å². The van der Waals surface area contributed by atoms with Crippen LogP contribution in [0.5, 0.6) is 0 Å². The second-order valence-electron chi connectivity index (χ2n) is 14.9. The van der Waals surface area contributed by atoms with Crippen molar-refractivity contribution in [2.45, 2.75) is 56.8 Å². The molecule has 0 N–H and O–H groups in total. The molecular weight excluding hydrogens is 603 g/mol. The first-order chi connectivity index (χ1) is 24.5. The van der Waals surface area contributed by atoms with Crippen molar-refractivity contribution in [2.75, 3.05) is 4.90 Å². The van der Waals surface area contributed by atoms with Gasteiger partial charge >= 0.3 is 0 Å². The first-order valence-electron chi connectivity index (χ1n) is 18.3. The van der Waals surface area contributed by atoms with Gasteiger partial charge in [0.2, 0.25) is 0 Å². The molecular formula is C49H43N. The van der Waals surface area contributed by atoms with E-state index in [-0.39, 0.29) is 10.8 Å². The average molecular weight is 646 g/mol. The average Bonchev–Trinajstić information content (AvgIpc) is 3.41. The highest BCUT2D eigenvalue weighted by molar-refractivity contribution is 5.95. The summed E-state index contributed by atoms with van der Waals surface area (Å²) in [5.41, 5.74) is 14.4. The molecule has 1 saturated carbocycles. The van der Waals surface area contributed by atoms with Crippen molar-refractivity contribution in [3.05, 3.63) is 186 Å². The highest BCUT2D eigenvalue weighted by Gasteiger charge is 2.38. The van der Waals surface area contributed by atoms with E-state index < -0.39 is 0 Å². The molecule has 0 radical (unpaired) electrons. The van der Waals surface area contributed by atoms with Crippen LogP contribution < -0.4 is 4.90 Å². The van der Waals surface area contributed by atoms with Gasteiger partial charge in [0.1, 0.15) is 0 Å². The normalized spacial score (nSPS) is 15.7. The summed E-state index contributed by atoms with van der Waals surface area (Å²) in [6.45, 7) is 4.75. The van der Waals surface area contributed by atoms with E-state index in [9.17, 15) is 0 Å². The molecule has 7 aromatic carbocycles. The topological polar surface area (TPSA) is 3.24 Å². The minimum Gasteiger partial charge on any atom is -0.310 e. The van der Waals surface area contributed by atoms with Gasteiger partial charge < -0.3 is 4.90 Å². The van der Waals surface area contributed by atoms with Crippen LogP contribution in [0.3, 0.4) is 0 Å². The Bertz CT molecular complexity index is 2310. The van der Waals surface area contributed by atoms with Gasteiger partial charge in [0.15, 0.2) is 0 Å². The highest BCUT2D eigenvalue weighted by atomic mass is 15.1. The Labute approximate surface area is 296 Å². The van der Waals surface area contributed by atoms with E-state index in [0.717, 1.165) is 0 Å². The number of hydrogen-bond acceptors (Lipinski definition) is 1. The van der Waals surface area contributed by atoms with Gasteiger partial charge in [-0.25, -0.2) is 0 Å². The third-order valence-corrected chi connectivity index (χ3v) is 11.7. The lowest BCUT2D eigenvalue weighted by Gasteiger charge is -2.39. The summed E-state index contributed by atoms with van der Waals surface area (Å²) in [6.07, 6.45) is 6.28. The lowest BCUT2D eigenvalue weighted by Crippen LogP contribution is -2.30. The zero-order chi connectivity index (χ0) is 33.7. The summed E-state index contributed by atoms with van der Waals surface area (Å²) in [4.78, 5) is 2.46. The largest absolute Gasteiger partial charge is 0.310 e. The van der Waals surface area contributed by atoms with E-state index in [1.54, 1.807) is 0 Å². The van der Waals surface area contributed by atoms with Crippen molar-refractivity contribution in [1.82, 2.24) is 0 Å². The first-order valence-corrected chi connectivity index (χ1v) is 18.3. The highest BCUT2D eigenvalue weighted by Crippen LogP contribution is 2.54. The molecule has 1 fully saturated rings. The maximum atomic E-state index is 2.46. The molecule has 1 nitrogen and oxygen atoms in total. The van der Waals surface area contributed by atoms with Crippen LogP contribution in [0.4, 0.5) is 17.1 Å². The Morgan fingerprint density at radius 3 is 1.82 bits per heavy atom. The maximum Gasteiger partial charge on any atom is 0.0468 e. The van der Waals surface area contributed by atoms with Crippen molar-refractivity contribution in [3.63, 3.8) is 0 Å². The Morgan fingerprint density at radius 2 is 1.06 bits per heavy atom. The van der Waals surface area contributed by atoms with Crippen LogP contribution in [0.1, 0.15) is 68.2 Å².